The summed E-state index contributed by atoms with van der Waals surface area (Å²) in [6.45, 7) is 9.01. The van der Waals surface area contributed by atoms with Gasteiger partial charge in [-0.2, -0.15) is 0 Å². The molecule has 3 atom stereocenters. The van der Waals surface area contributed by atoms with Crippen LogP contribution in [0.15, 0.2) is 103 Å². The molecule has 1 saturated heterocycles. The van der Waals surface area contributed by atoms with Gasteiger partial charge < -0.3 is 26.0 Å². The highest BCUT2D eigenvalue weighted by atomic mass is 16.5. The number of nitrogens with zero attached hydrogens (tertiary/aromatic N) is 1. The van der Waals surface area contributed by atoms with Gasteiger partial charge >= 0.3 is 0 Å². The Bertz CT molecular complexity index is 1420. The van der Waals surface area contributed by atoms with Crippen LogP contribution in [0.25, 0.3) is 0 Å². The van der Waals surface area contributed by atoms with Gasteiger partial charge in [-0.15, -0.1) is 5.73 Å². The normalized spacial score (nSPS) is 18.2. The Kier molecular flexibility index (Phi) is 12.1. The van der Waals surface area contributed by atoms with Crippen LogP contribution < -0.4 is 16.4 Å². The maximum atomic E-state index is 13.4. The van der Waals surface area contributed by atoms with E-state index in [1.54, 1.807) is 13.8 Å². The average molecular weight is 611 g/mol. The van der Waals surface area contributed by atoms with E-state index in [0.717, 1.165) is 37.1 Å². The summed E-state index contributed by atoms with van der Waals surface area (Å²) in [5, 5.41) is 6.08. The lowest BCUT2D eigenvalue weighted by Crippen LogP contribution is -2.44. The molecule has 1 unspecified atom stereocenters. The van der Waals surface area contributed by atoms with E-state index in [1.165, 1.54) is 5.56 Å². The minimum absolute atomic E-state index is 0.00401. The maximum absolute atomic E-state index is 13.4. The molecule has 2 amide bonds. The summed E-state index contributed by atoms with van der Waals surface area (Å²) in [7, 11) is 0. The van der Waals surface area contributed by atoms with Crippen LogP contribution in [0.5, 0.6) is 0 Å². The summed E-state index contributed by atoms with van der Waals surface area (Å²) in [5.74, 6) is -1.15. The van der Waals surface area contributed by atoms with Crippen molar-refractivity contribution in [1.82, 2.24) is 15.5 Å². The van der Waals surface area contributed by atoms with Crippen molar-refractivity contribution in [2.24, 2.45) is 17.6 Å². The number of rotatable bonds is 16. The van der Waals surface area contributed by atoms with Crippen LogP contribution in [0.1, 0.15) is 50.7 Å². The SMILES string of the molecule is C=C=C(CC1C=CC(NC(=O)[C@@H](COCc2ccccc2)CC(=O)C(C)(C)N)=C1)N1CCC[C@@H]1C(=O)NCCc1ccccc1. The summed E-state index contributed by atoms with van der Waals surface area (Å²) in [6.07, 6.45) is 8.96. The van der Waals surface area contributed by atoms with Crippen LogP contribution in [-0.4, -0.2) is 53.8 Å². The second-order valence-electron chi connectivity index (χ2n) is 12.4. The topological polar surface area (TPSA) is 114 Å². The summed E-state index contributed by atoms with van der Waals surface area (Å²) >= 11 is 0. The Balaban J connectivity index is 1.32. The number of amides is 2. The summed E-state index contributed by atoms with van der Waals surface area (Å²) in [4.78, 5) is 41.3. The molecule has 1 aliphatic heterocycles. The summed E-state index contributed by atoms with van der Waals surface area (Å²) in [5.41, 5.74) is 11.8. The minimum Gasteiger partial charge on any atom is -0.376 e. The van der Waals surface area contributed by atoms with Gasteiger partial charge in [0.05, 0.1) is 30.4 Å². The molecular weight excluding hydrogens is 564 g/mol. The minimum atomic E-state index is -1.05. The molecule has 0 saturated carbocycles. The quantitative estimate of drug-likeness (QED) is 0.240. The average Bonchev–Trinajstić information content (AvgIpc) is 3.69. The van der Waals surface area contributed by atoms with E-state index in [9.17, 15) is 14.4 Å². The Morgan fingerprint density at radius 1 is 1.09 bits per heavy atom. The smallest absolute Gasteiger partial charge is 0.242 e. The predicted molar refractivity (Wildman–Crippen MR) is 176 cm³/mol. The fourth-order valence-corrected chi connectivity index (χ4v) is 5.60. The number of benzene rings is 2. The van der Waals surface area contributed by atoms with Crippen molar-refractivity contribution in [3.05, 3.63) is 114 Å². The first kappa shape index (κ1) is 33.7. The largest absolute Gasteiger partial charge is 0.376 e. The van der Waals surface area contributed by atoms with E-state index in [1.807, 2.05) is 66.8 Å². The van der Waals surface area contributed by atoms with E-state index in [0.29, 0.717) is 25.3 Å². The number of Topliss-reactive ketones (excluding diaryl/α,β-unsaturated/α-hetero) is 1. The molecule has 1 heterocycles. The van der Waals surface area contributed by atoms with E-state index >= 15 is 0 Å². The third-order valence-corrected chi connectivity index (χ3v) is 8.23. The number of carbonyl (C=O) groups excluding carboxylic acids is 3. The second-order valence-corrected chi connectivity index (χ2v) is 12.4. The van der Waals surface area contributed by atoms with Crippen molar-refractivity contribution < 1.29 is 19.1 Å². The van der Waals surface area contributed by atoms with Crippen molar-refractivity contribution in [2.45, 2.75) is 64.1 Å². The predicted octanol–water partition coefficient (Wildman–Crippen LogP) is 4.58. The Morgan fingerprint density at radius 3 is 2.44 bits per heavy atom. The van der Waals surface area contributed by atoms with E-state index < -0.39 is 11.5 Å². The molecule has 2 aliphatic rings. The van der Waals surface area contributed by atoms with E-state index in [2.05, 4.69) is 40.0 Å². The third kappa shape index (κ3) is 10.1. The first-order valence-electron chi connectivity index (χ1n) is 15.8. The molecule has 45 heavy (non-hydrogen) atoms. The van der Waals surface area contributed by atoms with Gasteiger partial charge in [-0.05, 0) is 50.3 Å². The highest BCUT2D eigenvalue weighted by Gasteiger charge is 2.33. The number of ether oxygens (including phenoxy) is 1. The molecular formula is C37H46N4O4. The lowest BCUT2D eigenvalue weighted by molar-refractivity contribution is -0.132. The number of nitrogens with one attached hydrogen (secondary N) is 2. The van der Waals surface area contributed by atoms with E-state index in [4.69, 9.17) is 10.5 Å². The number of nitrogens with two attached hydrogens (primary N) is 1. The van der Waals surface area contributed by atoms with Crippen LogP contribution in [-0.2, 0) is 32.1 Å². The third-order valence-electron chi connectivity index (χ3n) is 8.23. The monoisotopic (exact) mass is 610 g/mol. The fraction of sp³-hybridized carbons (Fsp3) is 0.405. The van der Waals surface area contributed by atoms with Crippen molar-refractivity contribution in [3.63, 3.8) is 0 Å². The van der Waals surface area contributed by atoms with Gasteiger partial charge in [0.1, 0.15) is 6.04 Å². The molecule has 0 bridgehead atoms. The van der Waals surface area contributed by atoms with Crippen LogP contribution in [0.3, 0.4) is 0 Å². The fourth-order valence-electron chi connectivity index (χ4n) is 5.60. The maximum Gasteiger partial charge on any atom is 0.242 e. The van der Waals surface area contributed by atoms with Crippen molar-refractivity contribution in [3.8, 4) is 0 Å². The van der Waals surface area contributed by atoms with Crippen molar-refractivity contribution >= 4 is 17.6 Å². The Hall–Kier alpha value is -4.23. The van der Waals surface area contributed by atoms with Gasteiger partial charge in [-0.3, -0.25) is 14.4 Å². The zero-order chi connectivity index (χ0) is 32.2. The van der Waals surface area contributed by atoms with Crippen LogP contribution in [0, 0.1) is 11.8 Å². The van der Waals surface area contributed by atoms with Gasteiger partial charge in [0.25, 0.3) is 0 Å². The van der Waals surface area contributed by atoms with Crippen LogP contribution in [0.2, 0.25) is 0 Å². The molecule has 0 radical (unpaired) electrons. The second kappa shape index (κ2) is 16.2. The molecule has 8 nitrogen and oxygen atoms in total. The summed E-state index contributed by atoms with van der Waals surface area (Å²) < 4.78 is 5.85. The Morgan fingerprint density at radius 2 is 1.78 bits per heavy atom. The number of allylic oxidation sites excluding steroid dienone is 4. The number of likely N-dealkylation sites (tertiary alicyclic amines) is 1. The lowest BCUT2D eigenvalue weighted by Gasteiger charge is -2.28. The highest BCUT2D eigenvalue weighted by Crippen LogP contribution is 2.29. The highest BCUT2D eigenvalue weighted by molar-refractivity contribution is 5.92. The summed E-state index contributed by atoms with van der Waals surface area (Å²) in [6, 6.07) is 19.6. The first-order chi connectivity index (χ1) is 21.6. The molecule has 8 heteroatoms. The molecule has 0 spiro atoms. The molecule has 2 aromatic carbocycles. The van der Waals surface area contributed by atoms with Gasteiger partial charge in [-0.25, -0.2) is 0 Å². The molecule has 238 valence electrons. The molecule has 2 aromatic rings. The molecule has 4 N–H and O–H groups in total. The standard InChI is InChI=1S/C37H46N4O4/c1-4-32(41-21-11-16-33(41)36(44)39-20-19-27-12-7-5-8-13-27)23-29-17-18-31(22-29)40-35(43)30(24-34(42)37(2,3)38)26-45-25-28-14-9-6-10-15-28/h5-10,12-15,17-18,22,29-30,33H,1,11,16,19-21,23-26,38H2,2-3H3,(H,39,44)(H,40,43)/t29?,30-,33-/m1/s1. The zero-order valence-electron chi connectivity index (χ0n) is 26.5. The Labute approximate surface area is 267 Å². The molecule has 0 aromatic heterocycles. The van der Waals surface area contributed by atoms with Gasteiger partial charge in [-0.1, -0.05) is 79.4 Å². The van der Waals surface area contributed by atoms with Gasteiger partial charge in [0.2, 0.25) is 11.8 Å². The number of hydrogen-bond acceptors (Lipinski definition) is 6. The van der Waals surface area contributed by atoms with Gasteiger partial charge in [0.15, 0.2) is 5.78 Å². The number of carbonyl (C=O) groups is 3. The van der Waals surface area contributed by atoms with E-state index in [-0.39, 0.29) is 42.6 Å². The van der Waals surface area contributed by atoms with Crippen molar-refractivity contribution in [1.29, 1.82) is 0 Å². The molecule has 1 fully saturated rings. The van der Waals surface area contributed by atoms with Crippen LogP contribution >= 0.6 is 0 Å². The lowest BCUT2D eigenvalue weighted by atomic mass is 9.91. The zero-order valence-corrected chi connectivity index (χ0v) is 26.5. The first-order valence-corrected chi connectivity index (χ1v) is 15.8. The molecule has 4 rings (SSSR count). The number of hydrogen-bond donors (Lipinski definition) is 3. The van der Waals surface area contributed by atoms with Crippen LogP contribution in [0.4, 0.5) is 0 Å². The number of ketones is 1. The van der Waals surface area contributed by atoms with Crippen molar-refractivity contribution in [2.75, 3.05) is 19.7 Å². The molecule has 1 aliphatic carbocycles. The van der Waals surface area contributed by atoms with Gasteiger partial charge in [0, 0.05) is 37.5 Å².